The zero-order valence-electron chi connectivity index (χ0n) is 16.4. The van der Waals surface area contributed by atoms with Gasteiger partial charge in [0.1, 0.15) is 17.4 Å². The predicted octanol–water partition coefficient (Wildman–Crippen LogP) is 4.29. The molecule has 8 nitrogen and oxygen atoms in total. The minimum atomic E-state index is -4.76. The molecule has 30 heavy (non-hydrogen) atoms. The van der Waals surface area contributed by atoms with Gasteiger partial charge in [0.25, 0.3) is 0 Å². The van der Waals surface area contributed by atoms with Crippen LogP contribution in [0.4, 0.5) is 0 Å². The van der Waals surface area contributed by atoms with Gasteiger partial charge < -0.3 is 18.7 Å². The van der Waals surface area contributed by atoms with Gasteiger partial charge in [-0.05, 0) is 42.3 Å². The van der Waals surface area contributed by atoms with E-state index in [2.05, 4.69) is 4.52 Å². The number of carbonyl (C=O) groups excluding carboxylic acids is 1. The third-order valence-corrected chi connectivity index (χ3v) is 5.33. The average molecular weight is 452 g/mol. The lowest BCUT2D eigenvalue weighted by molar-refractivity contribution is 0.104. The number of ketones is 1. The first-order valence-electron chi connectivity index (χ1n) is 9.02. The Morgan fingerprint density at radius 1 is 1.23 bits per heavy atom. The summed E-state index contributed by atoms with van der Waals surface area (Å²) in [6.45, 7) is 2.46. The number of allylic oxidation sites excluding steroid dienone is 1. The van der Waals surface area contributed by atoms with Gasteiger partial charge in [-0.15, -0.1) is 0 Å². The summed E-state index contributed by atoms with van der Waals surface area (Å²) in [7, 11) is -3.41. The van der Waals surface area contributed by atoms with Gasteiger partial charge in [0, 0.05) is 0 Å². The molecule has 1 aliphatic heterocycles. The molecule has 10 heteroatoms. The number of hydrogen-bond acceptors (Lipinski definition) is 7. The third kappa shape index (κ3) is 5.58. The maximum Gasteiger partial charge on any atom is 0.524 e. The number of carbonyl (C=O) groups is 1. The van der Waals surface area contributed by atoms with Crippen LogP contribution in [0.2, 0.25) is 0 Å². The fourth-order valence-electron chi connectivity index (χ4n) is 2.71. The molecule has 0 bridgehead atoms. The van der Waals surface area contributed by atoms with Gasteiger partial charge in [0.2, 0.25) is 0 Å². The molecule has 0 aliphatic carbocycles. The Morgan fingerprint density at radius 3 is 2.73 bits per heavy atom. The fourth-order valence-corrected chi connectivity index (χ4v) is 3.87. The molecular weight excluding hydrogens is 431 g/mol. The standard InChI is InChI=1S/C20H21O8PS/c1-3-8-26-17-11-20-19(27-12-30-20)10-14(17)15(21)6-4-13-5-7-16(25-2)18(9-13)28-29(22,23)24/h4-7,9-11H,3,8,12H2,1-2H3,(H2,22,23,24)/b6-4+. The van der Waals surface area contributed by atoms with E-state index in [0.717, 1.165) is 11.3 Å². The summed E-state index contributed by atoms with van der Waals surface area (Å²) in [5.74, 6) is 1.36. The van der Waals surface area contributed by atoms with Crippen molar-refractivity contribution in [2.24, 2.45) is 0 Å². The summed E-state index contributed by atoms with van der Waals surface area (Å²) >= 11 is 1.53. The van der Waals surface area contributed by atoms with Crippen LogP contribution in [0.15, 0.2) is 41.3 Å². The van der Waals surface area contributed by atoms with Crippen molar-refractivity contribution < 1.29 is 37.9 Å². The SMILES string of the molecule is CCCOc1cc2c(cc1C(=O)/C=C/c1ccc(OC)c(OP(=O)(O)O)c1)OCS2. The van der Waals surface area contributed by atoms with E-state index < -0.39 is 7.82 Å². The van der Waals surface area contributed by atoms with Crippen LogP contribution < -0.4 is 18.7 Å². The van der Waals surface area contributed by atoms with Crippen LogP contribution in [0.3, 0.4) is 0 Å². The summed E-state index contributed by atoms with van der Waals surface area (Å²) < 4.78 is 32.1. The number of phosphoric ester groups is 1. The molecule has 3 rings (SSSR count). The van der Waals surface area contributed by atoms with Crippen molar-refractivity contribution >= 4 is 31.4 Å². The second kappa shape index (κ2) is 9.57. The highest BCUT2D eigenvalue weighted by Gasteiger charge is 2.21. The molecule has 0 aromatic heterocycles. The number of rotatable bonds is 9. The minimum absolute atomic E-state index is 0.129. The van der Waals surface area contributed by atoms with Gasteiger partial charge in [-0.3, -0.25) is 14.6 Å². The first-order chi connectivity index (χ1) is 14.3. The van der Waals surface area contributed by atoms with Crippen molar-refractivity contribution in [2.75, 3.05) is 19.7 Å². The van der Waals surface area contributed by atoms with Crippen molar-refractivity contribution in [3.8, 4) is 23.0 Å². The Balaban J connectivity index is 1.87. The zero-order chi connectivity index (χ0) is 21.7. The summed E-state index contributed by atoms with van der Waals surface area (Å²) in [5.41, 5.74) is 0.873. The minimum Gasteiger partial charge on any atom is -0.493 e. The number of methoxy groups -OCH3 is 1. The first kappa shape index (κ1) is 22.2. The smallest absolute Gasteiger partial charge is 0.493 e. The maximum absolute atomic E-state index is 12.8. The van der Waals surface area contributed by atoms with E-state index in [-0.39, 0.29) is 17.3 Å². The van der Waals surface area contributed by atoms with Crippen LogP contribution in [0.1, 0.15) is 29.3 Å². The molecule has 0 saturated heterocycles. The van der Waals surface area contributed by atoms with Crippen molar-refractivity contribution in [1.29, 1.82) is 0 Å². The summed E-state index contributed by atoms with van der Waals surface area (Å²) in [4.78, 5) is 31.9. The third-order valence-electron chi connectivity index (χ3n) is 4.03. The number of thioether (sulfide) groups is 1. The molecule has 0 amide bonds. The zero-order valence-corrected chi connectivity index (χ0v) is 18.1. The predicted molar refractivity (Wildman–Crippen MR) is 113 cm³/mol. The van der Waals surface area contributed by atoms with Gasteiger partial charge in [-0.25, -0.2) is 4.57 Å². The van der Waals surface area contributed by atoms with Gasteiger partial charge >= 0.3 is 7.82 Å². The van der Waals surface area contributed by atoms with Crippen molar-refractivity contribution in [3.63, 3.8) is 0 Å². The Bertz CT molecular complexity index is 1010. The largest absolute Gasteiger partial charge is 0.524 e. The molecule has 0 unspecified atom stereocenters. The number of hydrogen-bond donors (Lipinski definition) is 2. The van der Waals surface area contributed by atoms with E-state index in [1.165, 1.54) is 43.2 Å². The average Bonchev–Trinajstić information content (AvgIpc) is 3.16. The monoisotopic (exact) mass is 452 g/mol. The quantitative estimate of drug-likeness (QED) is 0.327. The van der Waals surface area contributed by atoms with Gasteiger partial charge in [-0.1, -0.05) is 30.8 Å². The molecule has 0 fully saturated rings. The first-order valence-corrected chi connectivity index (χ1v) is 11.5. The molecule has 0 spiro atoms. The number of ether oxygens (including phenoxy) is 3. The van der Waals surface area contributed by atoms with Crippen LogP contribution in [-0.4, -0.2) is 35.2 Å². The summed E-state index contributed by atoms with van der Waals surface area (Å²) in [5, 5.41) is 0. The number of fused-ring (bicyclic) bond motifs is 1. The Labute approximate surface area is 178 Å². The molecule has 1 heterocycles. The second-order valence-corrected chi connectivity index (χ2v) is 8.37. The van der Waals surface area contributed by atoms with Crippen molar-refractivity contribution in [1.82, 2.24) is 0 Å². The second-order valence-electron chi connectivity index (χ2n) is 6.24. The van der Waals surface area contributed by atoms with Crippen LogP contribution in [0.25, 0.3) is 6.08 Å². The summed E-state index contributed by atoms with van der Waals surface area (Å²) in [6, 6.07) is 7.97. The van der Waals surface area contributed by atoms with Crippen LogP contribution in [0.5, 0.6) is 23.0 Å². The van der Waals surface area contributed by atoms with E-state index in [1.54, 1.807) is 12.1 Å². The van der Waals surface area contributed by atoms with Crippen LogP contribution >= 0.6 is 19.6 Å². The fraction of sp³-hybridized carbons (Fsp3) is 0.250. The van der Waals surface area contributed by atoms with E-state index >= 15 is 0 Å². The molecule has 2 N–H and O–H groups in total. The van der Waals surface area contributed by atoms with Crippen LogP contribution in [0, 0.1) is 0 Å². The van der Waals surface area contributed by atoms with Gasteiger partial charge in [0.05, 0.1) is 24.2 Å². The highest BCUT2D eigenvalue weighted by atomic mass is 32.2. The molecule has 0 atom stereocenters. The lowest BCUT2D eigenvalue weighted by Crippen LogP contribution is -2.03. The Morgan fingerprint density at radius 2 is 2.03 bits per heavy atom. The van der Waals surface area contributed by atoms with E-state index in [9.17, 15) is 9.36 Å². The van der Waals surface area contributed by atoms with E-state index in [1.807, 2.05) is 13.0 Å². The molecule has 0 radical (unpaired) electrons. The highest BCUT2D eigenvalue weighted by Crippen LogP contribution is 2.43. The molecule has 2 aromatic carbocycles. The lowest BCUT2D eigenvalue weighted by Gasteiger charge is -2.12. The van der Waals surface area contributed by atoms with Gasteiger partial charge in [-0.2, -0.15) is 0 Å². The van der Waals surface area contributed by atoms with Crippen molar-refractivity contribution in [2.45, 2.75) is 18.2 Å². The number of benzene rings is 2. The van der Waals surface area contributed by atoms with E-state index in [4.69, 9.17) is 24.0 Å². The molecule has 160 valence electrons. The lowest BCUT2D eigenvalue weighted by atomic mass is 10.1. The number of phosphoric acid groups is 1. The molecular formula is C20H21O8PS. The van der Waals surface area contributed by atoms with Gasteiger partial charge in [0.15, 0.2) is 17.3 Å². The Hall–Kier alpha value is -2.45. The van der Waals surface area contributed by atoms with Crippen molar-refractivity contribution in [3.05, 3.63) is 47.5 Å². The Kier molecular flexibility index (Phi) is 7.10. The molecule has 2 aromatic rings. The topological polar surface area (TPSA) is 112 Å². The van der Waals surface area contributed by atoms with E-state index in [0.29, 0.717) is 35.2 Å². The normalized spacial score (nSPS) is 13.1. The molecule has 1 aliphatic rings. The highest BCUT2D eigenvalue weighted by molar-refractivity contribution is 7.99. The summed E-state index contributed by atoms with van der Waals surface area (Å²) in [6.07, 6.45) is 3.67. The van der Waals surface area contributed by atoms with Crippen LogP contribution in [-0.2, 0) is 4.57 Å². The maximum atomic E-state index is 12.8. The molecule has 0 saturated carbocycles.